The maximum atomic E-state index is 12.4. The van der Waals surface area contributed by atoms with E-state index in [2.05, 4.69) is 25.0 Å². The van der Waals surface area contributed by atoms with Crippen LogP contribution in [-0.2, 0) is 9.53 Å². The van der Waals surface area contributed by atoms with Crippen LogP contribution in [0.3, 0.4) is 0 Å². The van der Waals surface area contributed by atoms with E-state index in [1.165, 1.54) is 13.3 Å². The van der Waals surface area contributed by atoms with E-state index in [0.717, 1.165) is 0 Å². The first kappa shape index (κ1) is 24.8. The van der Waals surface area contributed by atoms with Crippen LogP contribution < -0.4 is 15.8 Å². The van der Waals surface area contributed by atoms with Crippen LogP contribution >= 0.6 is 11.6 Å². The van der Waals surface area contributed by atoms with Crippen LogP contribution in [0.2, 0.25) is 5.15 Å². The van der Waals surface area contributed by atoms with E-state index in [-0.39, 0.29) is 34.7 Å². The summed E-state index contributed by atoms with van der Waals surface area (Å²) in [6.07, 6.45) is -6.69. The lowest BCUT2D eigenvalue weighted by molar-refractivity contribution is -0.201. The predicted octanol–water partition coefficient (Wildman–Crippen LogP) is 2.16. The molecule has 0 aromatic carbocycles. The second kappa shape index (κ2) is 9.36. The number of carbonyl (C=O) groups excluding carboxylic acids is 1. The van der Waals surface area contributed by atoms with Crippen molar-refractivity contribution in [3.05, 3.63) is 23.5 Å². The Kier molecular flexibility index (Phi) is 6.62. The Balaban J connectivity index is 1.60. The lowest BCUT2D eigenvalue weighted by Crippen LogP contribution is -2.36. The third-order valence-electron chi connectivity index (χ3n) is 5.50. The topological polar surface area (TPSA) is 166 Å². The second-order valence-electron chi connectivity index (χ2n) is 7.80. The van der Waals surface area contributed by atoms with E-state index in [0.29, 0.717) is 16.8 Å². The quantitative estimate of drug-likeness (QED) is 0.279. The van der Waals surface area contributed by atoms with Crippen LogP contribution in [0.15, 0.2) is 22.7 Å². The Hall–Kier alpha value is -3.36. The van der Waals surface area contributed by atoms with Gasteiger partial charge in [0.25, 0.3) is 0 Å². The minimum absolute atomic E-state index is 0.0469. The number of aliphatic hydroxyl groups is 2. The van der Waals surface area contributed by atoms with Gasteiger partial charge in [0, 0.05) is 17.4 Å². The molecule has 1 saturated carbocycles. The van der Waals surface area contributed by atoms with Gasteiger partial charge >= 0.3 is 12.1 Å². The lowest BCUT2D eigenvalue weighted by atomic mass is 10.1. The van der Waals surface area contributed by atoms with Gasteiger partial charge in [-0.1, -0.05) is 11.6 Å². The van der Waals surface area contributed by atoms with Crippen molar-refractivity contribution in [1.29, 1.82) is 0 Å². The van der Waals surface area contributed by atoms with Crippen molar-refractivity contribution in [3.63, 3.8) is 0 Å². The normalized spacial score (nSPS) is 22.4. The molecule has 0 bridgehead atoms. The number of nitrogens with two attached hydrogens (primary N) is 1. The molecule has 3 heterocycles. The number of fused-ring (bicyclic) bond motifs is 1. The Morgan fingerprint density at radius 1 is 1.31 bits per heavy atom. The predicted molar refractivity (Wildman–Crippen MR) is 116 cm³/mol. The SMILES string of the molecule is COc1cc2cc(-c3c(Cl)nc(N)nc3NC3CC(COC(=O)C(F)(F)F)C(O)C3O)oc2cn1. The van der Waals surface area contributed by atoms with E-state index in [9.17, 15) is 28.2 Å². The molecular formula is C20H19ClF3N5O6. The van der Waals surface area contributed by atoms with Gasteiger partial charge < -0.3 is 35.2 Å². The summed E-state index contributed by atoms with van der Waals surface area (Å²) >= 11 is 6.31. The molecule has 0 spiro atoms. The number of esters is 1. The fourth-order valence-corrected chi connectivity index (χ4v) is 4.07. The van der Waals surface area contributed by atoms with Gasteiger partial charge in [0.2, 0.25) is 11.8 Å². The van der Waals surface area contributed by atoms with Gasteiger partial charge in [-0.25, -0.2) is 14.8 Å². The van der Waals surface area contributed by atoms with Gasteiger partial charge in [-0.3, -0.25) is 0 Å². The fraction of sp³-hybridized carbons (Fsp3) is 0.400. The molecule has 4 unspecified atom stereocenters. The molecule has 1 fully saturated rings. The van der Waals surface area contributed by atoms with E-state index < -0.39 is 42.9 Å². The molecule has 0 radical (unpaired) electrons. The van der Waals surface area contributed by atoms with Gasteiger partial charge in [-0.05, 0) is 12.5 Å². The molecule has 1 aliphatic rings. The molecule has 3 aromatic heterocycles. The Bertz CT molecular complexity index is 1260. The highest BCUT2D eigenvalue weighted by atomic mass is 35.5. The number of hydrogen-bond donors (Lipinski definition) is 4. The zero-order valence-corrected chi connectivity index (χ0v) is 18.7. The minimum Gasteiger partial charge on any atom is -0.481 e. The summed E-state index contributed by atoms with van der Waals surface area (Å²) < 4.78 is 52.3. The summed E-state index contributed by atoms with van der Waals surface area (Å²) in [6, 6.07) is 2.35. The van der Waals surface area contributed by atoms with Crippen LogP contribution in [0, 0.1) is 5.92 Å². The summed E-state index contributed by atoms with van der Waals surface area (Å²) in [6.45, 7) is -0.743. The first-order valence-corrected chi connectivity index (χ1v) is 10.5. The summed E-state index contributed by atoms with van der Waals surface area (Å²) in [5.41, 5.74) is 6.31. The lowest BCUT2D eigenvalue weighted by Gasteiger charge is -2.20. The van der Waals surface area contributed by atoms with Crippen LogP contribution in [0.25, 0.3) is 22.3 Å². The summed E-state index contributed by atoms with van der Waals surface area (Å²) in [5.74, 6) is -2.94. The molecule has 0 saturated heterocycles. The number of nitrogens with zero attached hydrogens (tertiary/aromatic N) is 3. The highest BCUT2D eigenvalue weighted by molar-refractivity contribution is 6.32. The molecule has 35 heavy (non-hydrogen) atoms. The summed E-state index contributed by atoms with van der Waals surface area (Å²) in [5, 5.41) is 24.2. The van der Waals surface area contributed by atoms with Gasteiger partial charge in [0.05, 0.1) is 37.6 Å². The van der Waals surface area contributed by atoms with Gasteiger partial charge in [0.15, 0.2) is 5.58 Å². The number of methoxy groups -OCH3 is 1. The van der Waals surface area contributed by atoms with Crippen molar-refractivity contribution in [3.8, 4) is 17.2 Å². The monoisotopic (exact) mass is 517 g/mol. The number of aromatic nitrogens is 3. The highest BCUT2D eigenvalue weighted by Gasteiger charge is 2.45. The largest absolute Gasteiger partial charge is 0.490 e. The molecule has 15 heteroatoms. The maximum Gasteiger partial charge on any atom is 0.490 e. The molecular weight excluding hydrogens is 499 g/mol. The average molecular weight is 518 g/mol. The van der Waals surface area contributed by atoms with E-state index in [4.69, 9.17) is 26.5 Å². The van der Waals surface area contributed by atoms with E-state index >= 15 is 0 Å². The number of carbonyl (C=O) groups is 1. The number of alkyl halides is 3. The van der Waals surface area contributed by atoms with Crippen molar-refractivity contribution in [2.45, 2.75) is 30.8 Å². The first-order chi connectivity index (χ1) is 16.5. The smallest absolute Gasteiger partial charge is 0.481 e. The van der Waals surface area contributed by atoms with Crippen molar-refractivity contribution in [2.75, 3.05) is 24.8 Å². The number of rotatable bonds is 6. The molecule has 0 amide bonds. The van der Waals surface area contributed by atoms with Gasteiger partial charge in [0.1, 0.15) is 22.8 Å². The highest BCUT2D eigenvalue weighted by Crippen LogP contribution is 2.39. The summed E-state index contributed by atoms with van der Waals surface area (Å²) in [7, 11) is 1.46. The van der Waals surface area contributed by atoms with Crippen molar-refractivity contribution in [1.82, 2.24) is 15.0 Å². The number of halogens is 4. The molecule has 0 aliphatic heterocycles. The molecule has 5 N–H and O–H groups in total. The molecule has 4 atom stereocenters. The van der Waals surface area contributed by atoms with Gasteiger partial charge in [-0.2, -0.15) is 18.2 Å². The molecule has 4 rings (SSSR count). The Morgan fingerprint density at radius 3 is 2.74 bits per heavy atom. The Morgan fingerprint density at radius 2 is 2.06 bits per heavy atom. The number of ether oxygens (including phenoxy) is 2. The third kappa shape index (κ3) is 5.04. The number of pyridine rings is 1. The van der Waals surface area contributed by atoms with E-state index in [1.54, 1.807) is 12.1 Å². The molecule has 1 aliphatic carbocycles. The van der Waals surface area contributed by atoms with E-state index in [1.807, 2.05) is 0 Å². The first-order valence-electron chi connectivity index (χ1n) is 10.1. The number of hydrogen-bond acceptors (Lipinski definition) is 11. The zero-order valence-electron chi connectivity index (χ0n) is 17.9. The average Bonchev–Trinajstić information content (AvgIpc) is 3.31. The second-order valence-corrected chi connectivity index (χ2v) is 8.15. The number of furan rings is 1. The molecule has 11 nitrogen and oxygen atoms in total. The third-order valence-corrected chi connectivity index (χ3v) is 5.77. The van der Waals surface area contributed by atoms with Crippen LogP contribution in [0.4, 0.5) is 24.9 Å². The maximum absolute atomic E-state index is 12.4. The van der Waals surface area contributed by atoms with Gasteiger partial charge in [-0.15, -0.1) is 0 Å². The standard InChI is InChI=1S/C20H19ClF3N5O6/c1-33-12-4-7-3-10(35-11(7)5-26-12)13-16(21)28-19(25)29-17(13)27-9-2-8(14(30)15(9)31)6-34-18(32)20(22,23)24/h3-5,8-9,14-15,30-31H,2,6H2,1H3,(H3,25,27,28,29). The number of anilines is 2. The number of aliphatic hydroxyl groups excluding tert-OH is 2. The van der Waals surface area contributed by atoms with Crippen LogP contribution in [-0.4, -0.2) is 69.3 Å². The van der Waals surface area contributed by atoms with Crippen LogP contribution in [0.1, 0.15) is 6.42 Å². The minimum atomic E-state index is -5.17. The molecule has 3 aromatic rings. The van der Waals surface area contributed by atoms with Crippen molar-refractivity contribution in [2.24, 2.45) is 5.92 Å². The molecule has 188 valence electrons. The number of nitrogens with one attached hydrogen (secondary N) is 1. The van der Waals surface area contributed by atoms with Crippen molar-refractivity contribution >= 4 is 40.3 Å². The summed E-state index contributed by atoms with van der Waals surface area (Å²) in [4.78, 5) is 23.1. The number of nitrogen functional groups attached to an aromatic ring is 1. The fourth-order valence-electron chi connectivity index (χ4n) is 3.81. The zero-order chi connectivity index (χ0) is 25.5. The van der Waals surface area contributed by atoms with Crippen molar-refractivity contribution < 1.29 is 42.1 Å². The van der Waals surface area contributed by atoms with Crippen LogP contribution in [0.5, 0.6) is 5.88 Å². The Labute approximate surface area is 200 Å².